The molecular formula is C9H18N2O2. The maximum atomic E-state index is 11.3. The highest BCUT2D eigenvalue weighted by atomic mass is 16.5. The standard InChI is InChI=1S/C9H18N2O2/c1-7-6-11(4-5-13-7)8(2)9(12)10-3/h7-8H,4-6H2,1-3H3,(H,10,12). The highest BCUT2D eigenvalue weighted by Crippen LogP contribution is 2.08. The van der Waals surface area contributed by atoms with Gasteiger partial charge in [0.15, 0.2) is 0 Å². The minimum absolute atomic E-state index is 0.0450. The van der Waals surface area contributed by atoms with Crippen molar-refractivity contribution in [3.63, 3.8) is 0 Å². The van der Waals surface area contributed by atoms with E-state index >= 15 is 0 Å². The Bertz CT molecular complexity index is 184. The molecule has 0 bridgehead atoms. The van der Waals surface area contributed by atoms with Crippen molar-refractivity contribution in [3.8, 4) is 0 Å². The number of hydrogen-bond acceptors (Lipinski definition) is 3. The van der Waals surface area contributed by atoms with Gasteiger partial charge in [-0.1, -0.05) is 0 Å². The number of hydrogen-bond donors (Lipinski definition) is 1. The number of nitrogens with one attached hydrogen (secondary N) is 1. The Hall–Kier alpha value is -0.610. The second kappa shape index (κ2) is 4.58. The molecule has 4 heteroatoms. The summed E-state index contributed by atoms with van der Waals surface area (Å²) in [4.78, 5) is 13.5. The van der Waals surface area contributed by atoms with E-state index in [4.69, 9.17) is 4.74 Å². The summed E-state index contributed by atoms with van der Waals surface area (Å²) in [6.07, 6.45) is 0.237. The maximum absolute atomic E-state index is 11.3. The van der Waals surface area contributed by atoms with Gasteiger partial charge in [0.1, 0.15) is 0 Å². The molecule has 0 saturated carbocycles. The lowest BCUT2D eigenvalue weighted by atomic mass is 10.2. The smallest absolute Gasteiger partial charge is 0.236 e. The molecule has 1 saturated heterocycles. The van der Waals surface area contributed by atoms with Crippen LogP contribution >= 0.6 is 0 Å². The number of amides is 1. The first-order valence-electron chi connectivity index (χ1n) is 4.72. The number of nitrogens with zero attached hydrogens (tertiary/aromatic N) is 1. The van der Waals surface area contributed by atoms with Crippen LogP contribution in [0.5, 0.6) is 0 Å². The molecule has 0 radical (unpaired) electrons. The van der Waals surface area contributed by atoms with Crippen molar-refractivity contribution in [2.24, 2.45) is 0 Å². The summed E-state index contributed by atoms with van der Waals surface area (Å²) in [5.74, 6) is 0.0779. The maximum Gasteiger partial charge on any atom is 0.236 e. The molecule has 0 aliphatic carbocycles. The fourth-order valence-electron chi connectivity index (χ4n) is 1.57. The summed E-state index contributed by atoms with van der Waals surface area (Å²) in [6.45, 7) is 6.37. The number of carbonyl (C=O) groups is 1. The average molecular weight is 186 g/mol. The SMILES string of the molecule is CNC(=O)C(C)N1CCOC(C)C1. The van der Waals surface area contributed by atoms with Crippen molar-refractivity contribution in [2.75, 3.05) is 26.7 Å². The molecule has 1 aliphatic heterocycles. The zero-order chi connectivity index (χ0) is 9.84. The molecule has 2 atom stereocenters. The Morgan fingerprint density at radius 2 is 2.38 bits per heavy atom. The van der Waals surface area contributed by atoms with E-state index in [1.807, 2.05) is 13.8 Å². The van der Waals surface area contributed by atoms with Crippen LogP contribution in [0.1, 0.15) is 13.8 Å². The molecule has 0 aromatic rings. The molecule has 13 heavy (non-hydrogen) atoms. The van der Waals surface area contributed by atoms with E-state index in [0.717, 1.165) is 19.7 Å². The molecule has 1 fully saturated rings. The van der Waals surface area contributed by atoms with E-state index in [0.29, 0.717) is 0 Å². The Morgan fingerprint density at radius 1 is 1.69 bits per heavy atom. The fraction of sp³-hybridized carbons (Fsp3) is 0.889. The molecule has 0 spiro atoms. The van der Waals surface area contributed by atoms with Gasteiger partial charge in [-0.05, 0) is 13.8 Å². The van der Waals surface area contributed by atoms with E-state index in [2.05, 4.69) is 10.2 Å². The fourth-order valence-corrected chi connectivity index (χ4v) is 1.57. The summed E-state index contributed by atoms with van der Waals surface area (Å²) in [5.41, 5.74) is 0. The van der Waals surface area contributed by atoms with Gasteiger partial charge in [0.25, 0.3) is 0 Å². The number of ether oxygens (including phenoxy) is 1. The van der Waals surface area contributed by atoms with Crippen LogP contribution in [0.2, 0.25) is 0 Å². The van der Waals surface area contributed by atoms with Gasteiger partial charge in [-0.2, -0.15) is 0 Å². The second-order valence-corrected chi connectivity index (χ2v) is 3.47. The first-order valence-corrected chi connectivity index (χ1v) is 4.72. The minimum atomic E-state index is -0.0450. The lowest BCUT2D eigenvalue weighted by Gasteiger charge is -2.34. The Morgan fingerprint density at radius 3 is 2.92 bits per heavy atom. The van der Waals surface area contributed by atoms with Gasteiger partial charge >= 0.3 is 0 Å². The molecule has 2 unspecified atom stereocenters. The number of rotatable bonds is 2. The van der Waals surface area contributed by atoms with Gasteiger partial charge in [0.2, 0.25) is 5.91 Å². The average Bonchev–Trinajstić information content (AvgIpc) is 2.15. The van der Waals surface area contributed by atoms with Crippen LogP contribution in [0.25, 0.3) is 0 Å². The van der Waals surface area contributed by atoms with Crippen LogP contribution in [0.4, 0.5) is 0 Å². The highest BCUT2D eigenvalue weighted by Gasteiger charge is 2.24. The Labute approximate surface area is 79.2 Å². The third-order valence-electron chi connectivity index (χ3n) is 2.45. The topological polar surface area (TPSA) is 41.6 Å². The van der Waals surface area contributed by atoms with Gasteiger partial charge < -0.3 is 10.1 Å². The lowest BCUT2D eigenvalue weighted by molar-refractivity contribution is -0.128. The Balaban J connectivity index is 2.45. The third kappa shape index (κ3) is 2.67. The predicted molar refractivity (Wildman–Crippen MR) is 50.5 cm³/mol. The van der Waals surface area contributed by atoms with E-state index in [1.54, 1.807) is 7.05 Å². The van der Waals surface area contributed by atoms with Crippen LogP contribution < -0.4 is 5.32 Å². The van der Waals surface area contributed by atoms with Crippen LogP contribution in [0.15, 0.2) is 0 Å². The lowest BCUT2D eigenvalue weighted by Crippen LogP contribution is -2.51. The largest absolute Gasteiger partial charge is 0.376 e. The van der Waals surface area contributed by atoms with Crippen LogP contribution in [-0.2, 0) is 9.53 Å². The van der Waals surface area contributed by atoms with E-state index in [9.17, 15) is 4.79 Å². The minimum Gasteiger partial charge on any atom is -0.376 e. The normalized spacial score (nSPS) is 26.8. The van der Waals surface area contributed by atoms with Crippen molar-refractivity contribution in [3.05, 3.63) is 0 Å². The number of morpholine rings is 1. The molecule has 1 aliphatic rings. The van der Waals surface area contributed by atoms with E-state index in [1.165, 1.54) is 0 Å². The van der Waals surface area contributed by atoms with Crippen LogP contribution in [0, 0.1) is 0 Å². The third-order valence-corrected chi connectivity index (χ3v) is 2.45. The van der Waals surface area contributed by atoms with Gasteiger partial charge in [-0.25, -0.2) is 0 Å². The van der Waals surface area contributed by atoms with Gasteiger partial charge in [0, 0.05) is 20.1 Å². The molecule has 0 aromatic carbocycles. The Kier molecular flexibility index (Phi) is 3.69. The zero-order valence-electron chi connectivity index (χ0n) is 8.54. The molecule has 1 N–H and O–H groups in total. The summed E-state index contributed by atoms with van der Waals surface area (Å²) < 4.78 is 5.40. The molecule has 1 rings (SSSR count). The monoisotopic (exact) mass is 186 g/mol. The first kappa shape index (κ1) is 10.5. The number of likely N-dealkylation sites (N-methyl/N-ethyl adjacent to an activating group) is 1. The molecule has 76 valence electrons. The quantitative estimate of drug-likeness (QED) is 0.651. The van der Waals surface area contributed by atoms with Crippen molar-refractivity contribution in [1.29, 1.82) is 0 Å². The summed E-state index contributed by atoms with van der Waals surface area (Å²) >= 11 is 0. The zero-order valence-corrected chi connectivity index (χ0v) is 8.54. The van der Waals surface area contributed by atoms with Crippen molar-refractivity contribution >= 4 is 5.91 Å². The first-order chi connectivity index (χ1) is 6.15. The van der Waals surface area contributed by atoms with E-state index < -0.39 is 0 Å². The van der Waals surface area contributed by atoms with Crippen LogP contribution in [0.3, 0.4) is 0 Å². The van der Waals surface area contributed by atoms with E-state index in [-0.39, 0.29) is 18.1 Å². The summed E-state index contributed by atoms with van der Waals surface area (Å²) in [6, 6.07) is -0.0450. The second-order valence-electron chi connectivity index (χ2n) is 3.47. The highest BCUT2D eigenvalue weighted by molar-refractivity contribution is 5.80. The van der Waals surface area contributed by atoms with Gasteiger partial charge in [-0.15, -0.1) is 0 Å². The molecule has 4 nitrogen and oxygen atoms in total. The van der Waals surface area contributed by atoms with Crippen molar-refractivity contribution in [1.82, 2.24) is 10.2 Å². The van der Waals surface area contributed by atoms with Crippen LogP contribution in [-0.4, -0.2) is 49.7 Å². The predicted octanol–water partition coefficient (Wildman–Crippen LogP) is -0.158. The summed E-state index contributed by atoms with van der Waals surface area (Å²) in [7, 11) is 1.67. The summed E-state index contributed by atoms with van der Waals surface area (Å²) in [5, 5.41) is 2.66. The van der Waals surface area contributed by atoms with Crippen molar-refractivity contribution < 1.29 is 9.53 Å². The molecule has 1 heterocycles. The van der Waals surface area contributed by atoms with Gasteiger partial charge in [-0.3, -0.25) is 9.69 Å². The van der Waals surface area contributed by atoms with Gasteiger partial charge in [0.05, 0.1) is 18.8 Å². The van der Waals surface area contributed by atoms with Crippen molar-refractivity contribution in [2.45, 2.75) is 26.0 Å². The molecule has 1 amide bonds. The molecule has 0 aromatic heterocycles. The molecular weight excluding hydrogens is 168 g/mol. The number of carbonyl (C=O) groups excluding carboxylic acids is 1.